The summed E-state index contributed by atoms with van der Waals surface area (Å²) in [6.45, 7) is 8.19. The summed E-state index contributed by atoms with van der Waals surface area (Å²) in [6, 6.07) is 7.31. The molecule has 3 rings (SSSR count). The largest absolute Gasteiger partial charge is 0.465 e. The Labute approximate surface area is 199 Å². The van der Waals surface area contributed by atoms with Crippen molar-refractivity contribution in [2.75, 3.05) is 18.2 Å². The predicted molar refractivity (Wildman–Crippen MR) is 130 cm³/mol. The predicted octanol–water partition coefficient (Wildman–Crippen LogP) is 5.23. The summed E-state index contributed by atoms with van der Waals surface area (Å²) in [6.07, 6.45) is 2.42. The van der Waals surface area contributed by atoms with E-state index >= 15 is 0 Å². The van der Waals surface area contributed by atoms with E-state index in [1.807, 2.05) is 30.5 Å². The molecule has 0 saturated heterocycles. The van der Waals surface area contributed by atoms with E-state index in [4.69, 9.17) is 16.3 Å². The molecule has 1 amide bonds. The fourth-order valence-corrected chi connectivity index (χ4v) is 5.23. The number of ether oxygens (including phenoxy) is 1. The van der Waals surface area contributed by atoms with Crippen LogP contribution in [-0.2, 0) is 22.5 Å². The fourth-order valence-electron chi connectivity index (χ4n) is 3.20. The van der Waals surface area contributed by atoms with Gasteiger partial charge in [-0.2, -0.15) is 0 Å². The first kappa shape index (κ1) is 24.0. The maximum atomic E-state index is 12.7. The lowest BCUT2D eigenvalue weighted by molar-refractivity contribution is -0.113. The molecule has 168 valence electrons. The molecule has 0 aliphatic rings. The molecule has 2 heterocycles. The van der Waals surface area contributed by atoms with Crippen LogP contribution in [0.5, 0.6) is 0 Å². The summed E-state index contributed by atoms with van der Waals surface area (Å²) in [7, 11) is 1.33. The Hall–Kier alpha value is -2.62. The summed E-state index contributed by atoms with van der Waals surface area (Å²) in [4.78, 5) is 25.9. The lowest BCUT2D eigenvalue weighted by Crippen LogP contribution is -2.16. The molecule has 0 saturated carbocycles. The minimum Gasteiger partial charge on any atom is -0.465 e. The van der Waals surface area contributed by atoms with Crippen molar-refractivity contribution in [3.8, 4) is 11.4 Å². The minimum atomic E-state index is -0.451. The number of thiophene rings is 1. The number of hydrogen-bond donors (Lipinski definition) is 1. The van der Waals surface area contributed by atoms with Crippen molar-refractivity contribution in [2.24, 2.45) is 0 Å². The monoisotopic (exact) mass is 490 g/mol. The number of amides is 1. The van der Waals surface area contributed by atoms with Crippen LogP contribution in [0.3, 0.4) is 0 Å². The Morgan fingerprint density at radius 1 is 1.31 bits per heavy atom. The second kappa shape index (κ2) is 10.8. The van der Waals surface area contributed by atoms with Gasteiger partial charge in [0.25, 0.3) is 0 Å². The number of esters is 1. The van der Waals surface area contributed by atoms with Gasteiger partial charge in [0, 0.05) is 22.0 Å². The second-order valence-corrected chi connectivity index (χ2v) is 9.34. The third kappa shape index (κ3) is 5.23. The number of nitrogens with one attached hydrogen (secondary N) is 1. The Kier molecular flexibility index (Phi) is 8.11. The number of halogens is 1. The fraction of sp³-hybridized carbons (Fsp3) is 0.273. The van der Waals surface area contributed by atoms with Crippen LogP contribution < -0.4 is 5.32 Å². The van der Waals surface area contributed by atoms with E-state index in [2.05, 4.69) is 22.1 Å². The number of allylic oxidation sites excluding steroid dienone is 1. The first-order valence-electron chi connectivity index (χ1n) is 9.82. The lowest BCUT2D eigenvalue weighted by Gasteiger charge is -2.09. The van der Waals surface area contributed by atoms with Gasteiger partial charge in [0.15, 0.2) is 11.0 Å². The highest BCUT2D eigenvalue weighted by Crippen LogP contribution is 2.34. The van der Waals surface area contributed by atoms with Crippen molar-refractivity contribution in [1.82, 2.24) is 14.8 Å². The number of rotatable bonds is 9. The molecular formula is C22H23ClN4O3S2. The Morgan fingerprint density at radius 2 is 2.03 bits per heavy atom. The van der Waals surface area contributed by atoms with Crippen molar-refractivity contribution < 1.29 is 14.3 Å². The van der Waals surface area contributed by atoms with Gasteiger partial charge in [-0.1, -0.05) is 36.4 Å². The maximum Gasteiger partial charge on any atom is 0.341 e. The molecule has 3 aromatic rings. The zero-order valence-corrected chi connectivity index (χ0v) is 20.4. The van der Waals surface area contributed by atoms with E-state index in [1.165, 1.54) is 30.2 Å². The molecule has 0 aliphatic heterocycles. The number of aryl methyl sites for hydroxylation is 1. The quantitative estimate of drug-likeness (QED) is 0.251. The smallest absolute Gasteiger partial charge is 0.341 e. The molecule has 0 fully saturated rings. The Morgan fingerprint density at radius 3 is 2.66 bits per heavy atom. The molecular weight excluding hydrogens is 468 g/mol. The molecule has 1 N–H and O–H groups in total. The number of thioether (sulfide) groups is 1. The molecule has 7 nitrogen and oxygen atoms in total. The number of methoxy groups -OCH3 is 1. The number of benzene rings is 1. The van der Waals surface area contributed by atoms with Crippen LogP contribution in [0.1, 0.15) is 27.7 Å². The topological polar surface area (TPSA) is 86.1 Å². The van der Waals surface area contributed by atoms with Gasteiger partial charge in [0.1, 0.15) is 5.00 Å². The lowest BCUT2D eigenvalue weighted by atomic mass is 10.1. The van der Waals surface area contributed by atoms with Crippen molar-refractivity contribution in [3.63, 3.8) is 0 Å². The molecule has 2 aromatic heterocycles. The van der Waals surface area contributed by atoms with Crippen molar-refractivity contribution in [2.45, 2.75) is 32.0 Å². The first-order chi connectivity index (χ1) is 15.4. The summed E-state index contributed by atoms with van der Waals surface area (Å²) in [5.41, 5.74) is 2.18. The highest BCUT2D eigenvalue weighted by atomic mass is 35.5. The van der Waals surface area contributed by atoms with Crippen LogP contribution in [-0.4, -0.2) is 39.5 Å². The zero-order valence-electron chi connectivity index (χ0n) is 18.0. The Balaban J connectivity index is 1.76. The van der Waals surface area contributed by atoms with E-state index < -0.39 is 5.97 Å². The van der Waals surface area contributed by atoms with E-state index in [-0.39, 0.29) is 11.7 Å². The van der Waals surface area contributed by atoms with E-state index in [0.29, 0.717) is 39.5 Å². The molecule has 0 atom stereocenters. The Bertz CT molecular complexity index is 1140. The number of carbonyl (C=O) groups excluding carboxylic acids is 2. The summed E-state index contributed by atoms with van der Waals surface area (Å²) in [5.74, 6) is 0.0752. The molecule has 32 heavy (non-hydrogen) atoms. The molecule has 0 spiro atoms. The van der Waals surface area contributed by atoms with Crippen molar-refractivity contribution in [1.29, 1.82) is 0 Å². The van der Waals surface area contributed by atoms with Crippen LogP contribution in [0.25, 0.3) is 11.4 Å². The SMILES string of the molecule is C=CCn1c(SCC(=O)Nc2sc(C)c(CC)c2C(=O)OC)nnc1-c1ccc(Cl)cc1. The highest BCUT2D eigenvalue weighted by Gasteiger charge is 2.23. The van der Waals surface area contributed by atoms with Crippen molar-refractivity contribution >= 4 is 51.6 Å². The van der Waals surface area contributed by atoms with Crippen LogP contribution in [0.2, 0.25) is 5.02 Å². The molecule has 0 radical (unpaired) electrons. The van der Waals surface area contributed by atoms with Gasteiger partial charge in [0.2, 0.25) is 5.91 Å². The van der Waals surface area contributed by atoms with Crippen LogP contribution in [0.15, 0.2) is 42.1 Å². The third-order valence-electron chi connectivity index (χ3n) is 4.67. The van der Waals surface area contributed by atoms with Crippen LogP contribution >= 0.6 is 34.7 Å². The maximum absolute atomic E-state index is 12.7. The standard InChI is InChI=1S/C22H23ClN4O3S2/c1-5-11-27-19(14-7-9-15(23)10-8-14)25-26-22(27)31-12-17(28)24-20-18(21(29)30-4)16(6-2)13(3)32-20/h5,7-10H,1,6,11-12H2,2-4H3,(H,24,28). The minimum absolute atomic E-state index is 0.106. The average Bonchev–Trinajstić information content (AvgIpc) is 3.32. The number of nitrogens with zero attached hydrogens (tertiary/aromatic N) is 3. The molecule has 0 bridgehead atoms. The number of carbonyl (C=O) groups is 2. The molecule has 10 heteroatoms. The van der Waals surface area contributed by atoms with Gasteiger partial charge in [0.05, 0.1) is 18.4 Å². The van der Waals surface area contributed by atoms with Gasteiger partial charge in [-0.05, 0) is 43.2 Å². The molecule has 0 unspecified atom stereocenters. The molecule has 1 aromatic carbocycles. The van der Waals surface area contributed by atoms with Gasteiger partial charge >= 0.3 is 5.97 Å². The van der Waals surface area contributed by atoms with Gasteiger partial charge in [-0.3, -0.25) is 9.36 Å². The van der Waals surface area contributed by atoms with Gasteiger partial charge in [-0.15, -0.1) is 28.1 Å². The number of anilines is 1. The zero-order chi connectivity index (χ0) is 23.3. The van der Waals surface area contributed by atoms with Gasteiger partial charge in [-0.25, -0.2) is 4.79 Å². The summed E-state index contributed by atoms with van der Waals surface area (Å²) in [5, 5.41) is 13.1. The normalized spacial score (nSPS) is 10.8. The number of hydrogen-bond acceptors (Lipinski definition) is 7. The summed E-state index contributed by atoms with van der Waals surface area (Å²) < 4.78 is 6.80. The van der Waals surface area contributed by atoms with Crippen molar-refractivity contribution in [3.05, 3.63) is 57.9 Å². The van der Waals surface area contributed by atoms with Crippen LogP contribution in [0.4, 0.5) is 5.00 Å². The average molecular weight is 491 g/mol. The van der Waals surface area contributed by atoms with E-state index in [0.717, 1.165) is 16.0 Å². The molecule has 0 aliphatic carbocycles. The van der Waals surface area contributed by atoms with Crippen LogP contribution in [0, 0.1) is 6.92 Å². The van der Waals surface area contributed by atoms with Gasteiger partial charge < -0.3 is 10.1 Å². The first-order valence-corrected chi connectivity index (χ1v) is 12.0. The van der Waals surface area contributed by atoms with E-state index in [1.54, 1.807) is 18.2 Å². The second-order valence-electron chi connectivity index (χ2n) is 6.74. The van der Waals surface area contributed by atoms with E-state index in [9.17, 15) is 9.59 Å². The summed E-state index contributed by atoms with van der Waals surface area (Å²) >= 11 is 8.62. The highest BCUT2D eigenvalue weighted by molar-refractivity contribution is 7.99. The number of aromatic nitrogens is 3. The third-order valence-corrected chi connectivity index (χ3v) is 6.95.